The lowest BCUT2D eigenvalue weighted by atomic mass is 9.75. The van der Waals surface area contributed by atoms with Gasteiger partial charge in [-0.2, -0.15) is 0 Å². The van der Waals surface area contributed by atoms with Crippen molar-refractivity contribution in [2.24, 2.45) is 0 Å². The summed E-state index contributed by atoms with van der Waals surface area (Å²) in [7, 11) is 0. The maximum Gasteiger partial charge on any atom is 0.0718 e. The van der Waals surface area contributed by atoms with Crippen LogP contribution in [-0.4, -0.2) is 28.2 Å². The van der Waals surface area contributed by atoms with Crippen LogP contribution < -0.4 is 0 Å². The van der Waals surface area contributed by atoms with Crippen LogP contribution in [0.25, 0.3) is 177 Å². The first-order chi connectivity index (χ1) is 48.7. The first-order valence-electron chi connectivity index (χ1n) is 34.2. The van der Waals surface area contributed by atoms with E-state index in [0.29, 0.717) is 0 Å². The topological polar surface area (TPSA) is 45.5 Å². The number of para-hydroxylation sites is 4. The first-order valence-corrected chi connectivity index (χ1v) is 34.2. The van der Waals surface area contributed by atoms with Crippen molar-refractivity contribution >= 4 is 87.2 Å². The Labute approximate surface area is 573 Å². The highest BCUT2D eigenvalue weighted by Gasteiger charge is 2.31. The van der Waals surface area contributed by atoms with Gasteiger partial charge in [0.15, 0.2) is 0 Å². The second kappa shape index (κ2) is 22.8. The van der Waals surface area contributed by atoms with Crippen LogP contribution in [0.15, 0.2) is 310 Å². The van der Waals surface area contributed by atoms with E-state index in [1.807, 2.05) is 12.4 Å². The molecule has 0 unspecified atom stereocenters. The van der Waals surface area contributed by atoms with Crippen LogP contribution in [0.4, 0.5) is 0 Å². The van der Waals surface area contributed by atoms with Crippen molar-refractivity contribution in [1.29, 1.82) is 0 Å². The lowest BCUT2D eigenvalue weighted by Gasteiger charge is -2.29. The molecule has 0 aliphatic heterocycles. The second-order valence-electron chi connectivity index (χ2n) is 26.8. The number of benzene rings is 13. The predicted octanol–water partition coefficient (Wildman–Crippen LogP) is 24.4. The number of nitrogens with zero attached hydrogens (tertiary/aromatic N) is 6. The molecule has 0 atom stereocenters. The standard InChI is InChI=1S/C93H66N6/c1-57-25-45-84-75(53-57)71-16-6-10-21-80(71)96(84)67-37-29-62(30-38-67)88-89(63-31-39-68(40-32-63)97-81-22-11-7-17-72(81)76-54-58(2)26-46-85(76)97)91(64-33-41-69(42-34-64)98-82-23-12-8-18-73(82)77-55-59(3)27-47-86(77)98)93(79-20-14-15-61(5)95-79)92(90(88)66-49-51-94-52-50-66)65-35-43-70(44-36-65)99-83-24-13-9-19-74(83)78-56-60(4)28-48-87(78)99/h6-56H,1-5H3. The van der Waals surface area contributed by atoms with Gasteiger partial charge in [-0.1, -0.05) is 174 Å². The molecule has 0 amide bonds. The molecule has 0 saturated carbocycles. The van der Waals surface area contributed by atoms with Gasteiger partial charge in [0.25, 0.3) is 0 Å². The Morgan fingerprint density at radius 3 is 0.768 bits per heavy atom. The van der Waals surface area contributed by atoms with E-state index in [-0.39, 0.29) is 0 Å². The van der Waals surface area contributed by atoms with Crippen LogP contribution in [0.2, 0.25) is 0 Å². The number of pyridine rings is 2. The third kappa shape index (κ3) is 9.24. The normalized spacial score (nSPS) is 11.9. The van der Waals surface area contributed by atoms with Gasteiger partial charge >= 0.3 is 0 Å². The fourth-order valence-electron chi connectivity index (χ4n) is 16.2. The van der Waals surface area contributed by atoms with Crippen LogP contribution in [0.5, 0.6) is 0 Å². The summed E-state index contributed by atoms with van der Waals surface area (Å²) in [5, 5.41) is 9.88. The summed E-state index contributed by atoms with van der Waals surface area (Å²) in [6.07, 6.45) is 3.88. The van der Waals surface area contributed by atoms with Crippen molar-refractivity contribution in [1.82, 2.24) is 28.2 Å². The molecule has 0 aliphatic rings. The van der Waals surface area contributed by atoms with Gasteiger partial charge < -0.3 is 18.3 Å². The molecule has 0 radical (unpaired) electrons. The molecule has 468 valence electrons. The Bertz CT molecular complexity index is 6480. The Balaban J connectivity index is 0.939. The minimum absolute atomic E-state index is 0.876. The Kier molecular flexibility index (Phi) is 13.3. The van der Waals surface area contributed by atoms with Gasteiger partial charge in [0.1, 0.15) is 0 Å². The molecule has 19 rings (SSSR count). The average Bonchev–Trinajstić information content (AvgIpc) is 1.61. The van der Waals surface area contributed by atoms with Crippen molar-refractivity contribution in [3.05, 3.63) is 338 Å². The molecule has 99 heavy (non-hydrogen) atoms. The Morgan fingerprint density at radius 2 is 0.475 bits per heavy atom. The predicted molar refractivity (Wildman–Crippen MR) is 416 cm³/mol. The smallest absolute Gasteiger partial charge is 0.0718 e. The number of hydrogen-bond acceptors (Lipinski definition) is 2. The minimum Gasteiger partial charge on any atom is -0.309 e. The van der Waals surface area contributed by atoms with Crippen LogP contribution in [0.3, 0.4) is 0 Å². The molecular formula is C93H66N6. The average molecular weight is 1270 g/mol. The van der Waals surface area contributed by atoms with E-state index in [2.05, 4.69) is 350 Å². The van der Waals surface area contributed by atoms with E-state index < -0.39 is 0 Å². The van der Waals surface area contributed by atoms with Crippen molar-refractivity contribution in [3.8, 4) is 89.6 Å². The van der Waals surface area contributed by atoms with Crippen molar-refractivity contribution < 1.29 is 0 Å². The lowest BCUT2D eigenvalue weighted by molar-refractivity contribution is 1.18. The molecular weight excluding hydrogens is 1200 g/mol. The second-order valence-corrected chi connectivity index (χ2v) is 26.8. The summed E-state index contributed by atoms with van der Waals surface area (Å²) in [6.45, 7) is 10.8. The van der Waals surface area contributed by atoms with Crippen LogP contribution in [0.1, 0.15) is 27.9 Å². The molecule has 0 fully saturated rings. The maximum absolute atomic E-state index is 5.64. The molecule has 6 heterocycles. The summed E-state index contributed by atoms with van der Waals surface area (Å²) in [6, 6.07) is 111. The summed E-state index contributed by atoms with van der Waals surface area (Å²) < 4.78 is 9.70. The monoisotopic (exact) mass is 1270 g/mol. The van der Waals surface area contributed by atoms with Crippen molar-refractivity contribution in [2.75, 3.05) is 0 Å². The van der Waals surface area contributed by atoms with Crippen LogP contribution in [0, 0.1) is 34.6 Å². The minimum atomic E-state index is 0.876. The largest absolute Gasteiger partial charge is 0.309 e. The molecule has 0 N–H and O–H groups in total. The van der Waals surface area contributed by atoms with Crippen LogP contribution in [-0.2, 0) is 0 Å². The number of aryl methyl sites for hydroxylation is 5. The van der Waals surface area contributed by atoms with E-state index in [9.17, 15) is 0 Å². The number of fused-ring (bicyclic) bond motifs is 12. The van der Waals surface area contributed by atoms with Crippen molar-refractivity contribution in [2.45, 2.75) is 34.6 Å². The maximum atomic E-state index is 5.64. The third-order valence-electron chi connectivity index (χ3n) is 20.6. The SMILES string of the molecule is Cc1ccc2c(c1)c1ccccc1n2-c1ccc(-c2c(-c3ccncc3)c(-c3ccc(-n4c5ccccc5c5cc(C)ccc54)cc3)c(-c3cccc(C)n3)c(-c3ccc(-n4c5ccccc5c5cc(C)ccc54)cc3)c2-c2ccc(-n3c4ccccc4c4cc(C)ccc43)cc2)cc1. The van der Waals surface area contributed by atoms with Gasteiger partial charge in [-0.25, -0.2) is 0 Å². The van der Waals surface area contributed by atoms with Gasteiger partial charge in [0.05, 0.1) is 49.8 Å². The summed E-state index contributed by atoms with van der Waals surface area (Å²) >= 11 is 0. The Morgan fingerprint density at radius 1 is 0.212 bits per heavy atom. The zero-order chi connectivity index (χ0) is 66.1. The van der Waals surface area contributed by atoms with Gasteiger partial charge in [-0.05, 0) is 225 Å². The molecule has 0 saturated heterocycles. The molecule has 0 bridgehead atoms. The summed E-state index contributed by atoms with van der Waals surface area (Å²) in [5.41, 5.74) is 32.1. The van der Waals surface area contributed by atoms with E-state index in [1.54, 1.807) is 0 Å². The summed E-state index contributed by atoms with van der Waals surface area (Å²) in [5.74, 6) is 0. The highest BCUT2D eigenvalue weighted by Crippen LogP contribution is 2.56. The molecule has 6 nitrogen and oxygen atoms in total. The van der Waals surface area contributed by atoms with Gasteiger partial charge in [-0.3, -0.25) is 9.97 Å². The van der Waals surface area contributed by atoms with E-state index in [0.717, 1.165) is 95.3 Å². The molecule has 0 spiro atoms. The van der Waals surface area contributed by atoms with Gasteiger partial charge in [0, 0.05) is 101 Å². The fourth-order valence-corrected chi connectivity index (χ4v) is 16.2. The molecule has 13 aromatic carbocycles. The number of rotatable bonds is 10. The molecule has 6 heteroatoms. The van der Waals surface area contributed by atoms with Crippen LogP contribution >= 0.6 is 0 Å². The molecule has 6 aromatic heterocycles. The Hall–Kier alpha value is -12.6. The molecule has 19 aromatic rings. The summed E-state index contributed by atoms with van der Waals surface area (Å²) in [4.78, 5) is 10.4. The zero-order valence-corrected chi connectivity index (χ0v) is 55.6. The van der Waals surface area contributed by atoms with Crippen molar-refractivity contribution in [3.63, 3.8) is 0 Å². The quantitative estimate of drug-likeness (QED) is 0.137. The van der Waals surface area contributed by atoms with E-state index >= 15 is 0 Å². The molecule has 0 aliphatic carbocycles. The van der Waals surface area contributed by atoms with Gasteiger partial charge in [-0.15, -0.1) is 0 Å². The lowest BCUT2D eigenvalue weighted by Crippen LogP contribution is -2.04. The highest BCUT2D eigenvalue weighted by molar-refractivity contribution is 6.17. The highest BCUT2D eigenvalue weighted by atomic mass is 15.0. The van der Waals surface area contributed by atoms with E-state index in [1.165, 1.54) is 109 Å². The zero-order valence-electron chi connectivity index (χ0n) is 55.6. The van der Waals surface area contributed by atoms with Gasteiger partial charge in [0.2, 0.25) is 0 Å². The number of aromatic nitrogens is 6. The van der Waals surface area contributed by atoms with E-state index in [4.69, 9.17) is 9.97 Å². The fraction of sp³-hybridized carbons (Fsp3) is 0.0538. The first kappa shape index (κ1) is 57.8. The number of hydrogen-bond donors (Lipinski definition) is 0. The third-order valence-corrected chi connectivity index (χ3v) is 20.6.